The number of ether oxygens (including phenoxy) is 3. The molecule has 8 heteroatoms. The van der Waals surface area contributed by atoms with Crippen LogP contribution in [0.2, 0.25) is 0 Å². The standard InChI is InChI=1S/C26H33N3O5/c1-3-4-16-33-22-10-7-20(8-11-22)29-25(30)19-28(26(29)31)21-9-12-23(24(18-21)32-2)34-17-15-27-13-5-6-14-27/h7-12,18H,3-6,13-17,19H2,1-2H3. The van der Waals surface area contributed by atoms with E-state index in [0.29, 0.717) is 36.1 Å². The van der Waals surface area contributed by atoms with Crippen LogP contribution in [0, 0.1) is 0 Å². The molecular formula is C26H33N3O5. The zero-order valence-corrected chi connectivity index (χ0v) is 20.0. The van der Waals surface area contributed by atoms with Crippen LogP contribution in [0.15, 0.2) is 42.5 Å². The minimum Gasteiger partial charge on any atom is -0.494 e. The summed E-state index contributed by atoms with van der Waals surface area (Å²) < 4.78 is 17.1. The van der Waals surface area contributed by atoms with E-state index in [4.69, 9.17) is 14.2 Å². The number of carbonyl (C=O) groups is 2. The molecular weight excluding hydrogens is 434 g/mol. The molecule has 0 aliphatic carbocycles. The number of unbranched alkanes of at least 4 members (excludes halogenated alkanes) is 1. The Morgan fingerprint density at radius 3 is 2.32 bits per heavy atom. The van der Waals surface area contributed by atoms with Crippen LogP contribution in [0.4, 0.5) is 16.2 Å². The first-order valence-corrected chi connectivity index (χ1v) is 12.0. The second kappa shape index (κ2) is 11.2. The maximum Gasteiger partial charge on any atom is 0.336 e. The molecule has 182 valence electrons. The van der Waals surface area contributed by atoms with E-state index in [0.717, 1.165) is 38.2 Å². The summed E-state index contributed by atoms with van der Waals surface area (Å²) in [6.45, 7) is 6.40. The number of nitrogens with zero attached hydrogens (tertiary/aromatic N) is 3. The van der Waals surface area contributed by atoms with Crippen LogP contribution in [0.25, 0.3) is 0 Å². The van der Waals surface area contributed by atoms with Gasteiger partial charge in [-0.3, -0.25) is 14.6 Å². The number of methoxy groups -OCH3 is 1. The molecule has 34 heavy (non-hydrogen) atoms. The summed E-state index contributed by atoms with van der Waals surface area (Å²) in [7, 11) is 1.57. The maximum absolute atomic E-state index is 13.1. The molecule has 8 nitrogen and oxygen atoms in total. The van der Waals surface area contributed by atoms with Crippen molar-refractivity contribution in [1.82, 2.24) is 4.90 Å². The molecule has 2 saturated heterocycles. The Morgan fingerprint density at radius 2 is 1.62 bits per heavy atom. The van der Waals surface area contributed by atoms with Crippen LogP contribution >= 0.6 is 0 Å². The lowest BCUT2D eigenvalue weighted by molar-refractivity contribution is -0.115. The highest BCUT2D eigenvalue weighted by atomic mass is 16.5. The predicted molar refractivity (Wildman–Crippen MR) is 131 cm³/mol. The second-order valence-corrected chi connectivity index (χ2v) is 8.53. The number of carbonyl (C=O) groups excluding carboxylic acids is 2. The number of benzene rings is 2. The van der Waals surface area contributed by atoms with E-state index in [-0.39, 0.29) is 12.5 Å². The van der Waals surface area contributed by atoms with Gasteiger partial charge in [0.15, 0.2) is 11.5 Å². The number of hydrogen-bond acceptors (Lipinski definition) is 6. The van der Waals surface area contributed by atoms with Crippen LogP contribution < -0.4 is 24.0 Å². The molecule has 0 aromatic heterocycles. The molecule has 2 aliphatic rings. The lowest BCUT2D eigenvalue weighted by atomic mass is 10.2. The van der Waals surface area contributed by atoms with Gasteiger partial charge in [0.1, 0.15) is 18.9 Å². The first-order valence-electron chi connectivity index (χ1n) is 12.0. The SMILES string of the molecule is CCCCOc1ccc(N2C(=O)CN(c3ccc(OCCN4CCCC4)c(OC)c3)C2=O)cc1. The topological polar surface area (TPSA) is 71.6 Å². The molecule has 0 N–H and O–H groups in total. The van der Waals surface area contributed by atoms with Gasteiger partial charge in [-0.25, -0.2) is 9.69 Å². The van der Waals surface area contributed by atoms with Crippen LogP contribution in [-0.4, -0.2) is 63.3 Å². The normalized spacial score (nSPS) is 16.4. The van der Waals surface area contributed by atoms with Crippen molar-refractivity contribution in [2.24, 2.45) is 0 Å². The Hall–Kier alpha value is -3.26. The van der Waals surface area contributed by atoms with Crippen molar-refractivity contribution in [3.63, 3.8) is 0 Å². The lowest BCUT2D eigenvalue weighted by Gasteiger charge is -2.20. The molecule has 2 aliphatic heterocycles. The molecule has 0 radical (unpaired) electrons. The van der Waals surface area contributed by atoms with Gasteiger partial charge in [-0.2, -0.15) is 0 Å². The van der Waals surface area contributed by atoms with Crippen LogP contribution in [0.1, 0.15) is 32.6 Å². The molecule has 2 heterocycles. The van der Waals surface area contributed by atoms with E-state index in [1.54, 1.807) is 49.6 Å². The second-order valence-electron chi connectivity index (χ2n) is 8.53. The average molecular weight is 468 g/mol. The zero-order valence-electron chi connectivity index (χ0n) is 20.0. The van der Waals surface area contributed by atoms with Crippen LogP contribution in [-0.2, 0) is 4.79 Å². The number of urea groups is 1. The van der Waals surface area contributed by atoms with E-state index in [1.165, 1.54) is 22.6 Å². The third kappa shape index (κ3) is 5.44. The van der Waals surface area contributed by atoms with E-state index in [2.05, 4.69) is 11.8 Å². The highest BCUT2D eigenvalue weighted by Gasteiger charge is 2.38. The number of amides is 3. The summed E-state index contributed by atoms with van der Waals surface area (Å²) in [5, 5.41) is 0. The fourth-order valence-electron chi connectivity index (χ4n) is 4.22. The van der Waals surface area contributed by atoms with Crippen LogP contribution in [0.3, 0.4) is 0 Å². The quantitative estimate of drug-likeness (QED) is 0.362. The van der Waals surface area contributed by atoms with Gasteiger partial charge in [0.05, 0.1) is 19.4 Å². The molecule has 0 bridgehead atoms. The average Bonchev–Trinajstić information content (AvgIpc) is 3.47. The van der Waals surface area contributed by atoms with Crippen molar-refractivity contribution >= 4 is 23.3 Å². The molecule has 2 aromatic rings. The van der Waals surface area contributed by atoms with Gasteiger partial charge in [0, 0.05) is 18.3 Å². The number of likely N-dealkylation sites (tertiary alicyclic amines) is 1. The summed E-state index contributed by atoms with van der Waals surface area (Å²) in [6.07, 6.45) is 4.52. The van der Waals surface area contributed by atoms with Gasteiger partial charge >= 0.3 is 6.03 Å². The van der Waals surface area contributed by atoms with Crippen molar-refractivity contribution in [2.45, 2.75) is 32.6 Å². The summed E-state index contributed by atoms with van der Waals surface area (Å²) in [4.78, 5) is 30.9. The molecule has 0 saturated carbocycles. The Labute approximate surface area is 201 Å². The van der Waals surface area contributed by atoms with Crippen molar-refractivity contribution in [1.29, 1.82) is 0 Å². The third-order valence-electron chi connectivity index (χ3n) is 6.15. The molecule has 0 atom stereocenters. The smallest absolute Gasteiger partial charge is 0.336 e. The van der Waals surface area contributed by atoms with Crippen molar-refractivity contribution < 1.29 is 23.8 Å². The molecule has 2 aromatic carbocycles. The van der Waals surface area contributed by atoms with Gasteiger partial charge in [0.25, 0.3) is 5.91 Å². The first-order chi connectivity index (χ1) is 16.6. The first kappa shape index (κ1) is 23.9. The van der Waals surface area contributed by atoms with Crippen molar-refractivity contribution in [2.75, 3.05) is 56.3 Å². The van der Waals surface area contributed by atoms with Crippen molar-refractivity contribution in [3.05, 3.63) is 42.5 Å². The third-order valence-corrected chi connectivity index (χ3v) is 6.15. The number of anilines is 2. The van der Waals surface area contributed by atoms with Gasteiger partial charge in [0.2, 0.25) is 0 Å². The maximum atomic E-state index is 13.1. The molecule has 3 amide bonds. The van der Waals surface area contributed by atoms with Crippen molar-refractivity contribution in [3.8, 4) is 17.2 Å². The highest BCUT2D eigenvalue weighted by molar-refractivity contribution is 6.27. The van der Waals surface area contributed by atoms with Crippen LogP contribution in [0.5, 0.6) is 17.2 Å². The van der Waals surface area contributed by atoms with Gasteiger partial charge in [-0.15, -0.1) is 0 Å². The van der Waals surface area contributed by atoms with E-state index in [1.807, 2.05) is 0 Å². The molecule has 4 rings (SSSR count). The highest BCUT2D eigenvalue weighted by Crippen LogP contribution is 2.34. The number of imide groups is 1. The summed E-state index contributed by atoms with van der Waals surface area (Å²) in [6, 6.07) is 12.0. The minimum atomic E-state index is -0.394. The monoisotopic (exact) mass is 467 g/mol. The Morgan fingerprint density at radius 1 is 0.882 bits per heavy atom. The van der Waals surface area contributed by atoms with Gasteiger partial charge in [-0.05, 0) is 68.8 Å². The summed E-state index contributed by atoms with van der Waals surface area (Å²) in [5.74, 6) is 1.60. The van der Waals surface area contributed by atoms with E-state index in [9.17, 15) is 9.59 Å². The lowest BCUT2D eigenvalue weighted by Crippen LogP contribution is -2.33. The zero-order chi connectivity index (χ0) is 23.9. The number of hydrogen-bond donors (Lipinski definition) is 0. The molecule has 0 unspecified atom stereocenters. The predicted octanol–water partition coefficient (Wildman–Crippen LogP) is 4.32. The Kier molecular flexibility index (Phi) is 7.90. The Balaban J connectivity index is 1.41. The molecule has 2 fully saturated rings. The largest absolute Gasteiger partial charge is 0.494 e. The molecule has 0 spiro atoms. The minimum absolute atomic E-state index is 0.0358. The summed E-state index contributed by atoms with van der Waals surface area (Å²) in [5.41, 5.74) is 1.11. The fraction of sp³-hybridized carbons (Fsp3) is 0.462. The van der Waals surface area contributed by atoms with E-state index >= 15 is 0 Å². The Bertz CT molecular complexity index is 988. The fourth-order valence-corrected chi connectivity index (χ4v) is 4.22. The van der Waals surface area contributed by atoms with E-state index < -0.39 is 6.03 Å². The summed E-state index contributed by atoms with van der Waals surface area (Å²) >= 11 is 0. The number of rotatable bonds is 11. The van der Waals surface area contributed by atoms with Gasteiger partial charge in [-0.1, -0.05) is 13.3 Å². The van der Waals surface area contributed by atoms with Gasteiger partial charge < -0.3 is 14.2 Å².